The van der Waals surface area contributed by atoms with Gasteiger partial charge in [0.25, 0.3) is 0 Å². The Bertz CT molecular complexity index is 893. The lowest BCUT2D eigenvalue weighted by molar-refractivity contribution is 0.393. The van der Waals surface area contributed by atoms with Gasteiger partial charge in [-0.25, -0.2) is 8.78 Å². The van der Waals surface area contributed by atoms with Gasteiger partial charge in [-0.15, -0.1) is 0 Å². The Balaban J connectivity index is 1.55. The number of rotatable bonds is 8. The van der Waals surface area contributed by atoms with Crippen LogP contribution in [-0.2, 0) is 6.42 Å². The van der Waals surface area contributed by atoms with Gasteiger partial charge in [0.1, 0.15) is 23.1 Å². The van der Waals surface area contributed by atoms with E-state index in [1.807, 2.05) is 25.1 Å². The van der Waals surface area contributed by atoms with Crippen molar-refractivity contribution in [2.24, 2.45) is 4.99 Å². The molecular weight excluding hydrogens is 414 g/mol. The van der Waals surface area contributed by atoms with E-state index in [9.17, 15) is 8.78 Å². The van der Waals surface area contributed by atoms with E-state index in [-0.39, 0.29) is 0 Å². The molecule has 6 nitrogen and oxygen atoms in total. The maximum absolute atomic E-state index is 13.8. The van der Waals surface area contributed by atoms with Gasteiger partial charge in [-0.2, -0.15) is 0 Å². The minimum atomic E-state index is -0.566. The molecule has 0 spiro atoms. The van der Waals surface area contributed by atoms with Crippen molar-refractivity contribution in [2.45, 2.75) is 32.2 Å². The lowest BCUT2D eigenvalue weighted by Crippen LogP contribution is -2.48. The molecule has 0 amide bonds. The van der Waals surface area contributed by atoms with Gasteiger partial charge < -0.3 is 25.0 Å². The van der Waals surface area contributed by atoms with Crippen LogP contribution in [0.4, 0.5) is 14.5 Å². The van der Waals surface area contributed by atoms with Gasteiger partial charge in [-0.3, -0.25) is 4.99 Å². The van der Waals surface area contributed by atoms with E-state index in [1.54, 1.807) is 14.2 Å². The number of nitrogens with one attached hydrogen (secondary N) is 2. The summed E-state index contributed by atoms with van der Waals surface area (Å²) < 4.78 is 37.7. The molecule has 3 rings (SSSR count). The zero-order chi connectivity index (χ0) is 22.9. The molecule has 0 atom stereocenters. The number of aliphatic imine (C=N–C) groups is 1. The highest BCUT2D eigenvalue weighted by Crippen LogP contribution is 2.30. The maximum Gasteiger partial charge on any atom is 0.191 e. The van der Waals surface area contributed by atoms with Gasteiger partial charge in [0, 0.05) is 62.2 Å². The van der Waals surface area contributed by atoms with Crippen LogP contribution in [0.2, 0.25) is 0 Å². The number of benzene rings is 2. The molecule has 1 heterocycles. The summed E-state index contributed by atoms with van der Waals surface area (Å²) in [5, 5.41) is 6.74. The van der Waals surface area contributed by atoms with E-state index >= 15 is 0 Å². The average molecular weight is 447 g/mol. The second-order valence-electron chi connectivity index (χ2n) is 7.72. The molecule has 32 heavy (non-hydrogen) atoms. The summed E-state index contributed by atoms with van der Waals surface area (Å²) in [6.07, 6.45) is 2.33. The van der Waals surface area contributed by atoms with Crippen LogP contribution in [0.5, 0.6) is 11.5 Å². The van der Waals surface area contributed by atoms with Crippen LogP contribution in [0.15, 0.2) is 41.4 Å². The van der Waals surface area contributed by atoms with Crippen LogP contribution in [-0.4, -0.2) is 52.4 Å². The fourth-order valence-corrected chi connectivity index (χ4v) is 3.78. The van der Waals surface area contributed by atoms with Crippen molar-refractivity contribution in [3.63, 3.8) is 0 Å². The van der Waals surface area contributed by atoms with Crippen molar-refractivity contribution >= 4 is 11.6 Å². The third-order valence-corrected chi connectivity index (χ3v) is 5.55. The Labute approximate surface area is 188 Å². The number of halogens is 2. The van der Waals surface area contributed by atoms with Crippen molar-refractivity contribution in [3.05, 3.63) is 53.6 Å². The molecule has 0 radical (unpaired) electrons. The predicted octanol–water partition coefficient (Wildman–Crippen LogP) is 3.75. The number of hydrogen-bond donors (Lipinski definition) is 2. The quantitative estimate of drug-likeness (QED) is 0.478. The summed E-state index contributed by atoms with van der Waals surface area (Å²) >= 11 is 0. The van der Waals surface area contributed by atoms with Crippen molar-refractivity contribution in [2.75, 3.05) is 45.3 Å². The van der Waals surface area contributed by atoms with Crippen molar-refractivity contribution in [1.29, 1.82) is 0 Å². The molecule has 1 saturated heterocycles. The first kappa shape index (κ1) is 23.6. The average Bonchev–Trinajstić information content (AvgIpc) is 2.80. The van der Waals surface area contributed by atoms with Crippen LogP contribution in [0.25, 0.3) is 0 Å². The first-order chi connectivity index (χ1) is 15.5. The van der Waals surface area contributed by atoms with Gasteiger partial charge >= 0.3 is 0 Å². The van der Waals surface area contributed by atoms with Gasteiger partial charge in [0.05, 0.1) is 14.2 Å². The molecule has 174 valence electrons. The molecule has 2 aromatic rings. The summed E-state index contributed by atoms with van der Waals surface area (Å²) in [7, 11) is 3.31. The van der Waals surface area contributed by atoms with Crippen LogP contribution >= 0.6 is 0 Å². The molecule has 2 aromatic carbocycles. The zero-order valence-corrected chi connectivity index (χ0v) is 19.0. The second-order valence-corrected chi connectivity index (χ2v) is 7.72. The highest BCUT2D eigenvalue weighted by molar-refractivity contribution is 5.80. The van der Waals surface area contributed by atoms with E-state index in [1.165, 1.54) is 12.1 Å². The van der Waals surface area contributed by atoms with E-state index in [4.69, 9.17) is 9.47 Å². The number of ether oxygens (including phenoxy) is 2. The van der Waals surface area contributed by atoms with E-state index in [2.05, 4.69) is 20.5 Å². The Morgan fingerprint density at radius 2 is 1.75 bits per heavy atom. The minimum Gasteiger partial charge on any atom is -0.497 e. The molecular formula is C24H32F2N4O2. The van der Waals surface area contributed by atoms with Crippen LogP contribution in [0.3, 0.4) is 0 Å². The third kappa shape index (κ3) is 6.48. The molecule has 1 aliphatic rings. The van der Waals surface area contributed by atoms with Crippen LogP contribution in [0, 0.1) is 11.6 Å². The van der Waals surface area contributed by atoms with Crippen LogP contribution in [0.1, 0.15) is 25.3 Å². The molecule has 0 aromatic heterocycles. The van der Waals surface area contributed by atoms with E-state index in [0.717, 1.165) is 61.7 Å². The third-order valence-electron chi connectivity index (χ3n) is 5.55. The molecule has 1 fully saturated rings. The molecule has 0 unspecified atom stereocenters. The molecule has 1 aliphatic heterocycles. The first-order valence-electron chi connectivity index (χ1n) is 11.0. The Morgan fingerprint density at radius 1 is 1.06 bits per heavy atom. The van der Waals surface area contributed by atoms with E-state index in [0.29, 0.717) is 24.6 Å². The molecule has 0 aliphatic carbocycles. The second kappa shape index (κ2) is 11.5. The lowest BCUT2D eigenvalue weighted by atomic mass is 10.0. The largest absolute Gasteiger partial charge is 0.497 e. The number of piperidine rings is 1. The fraction of sp³-hybridized carbons (Fsp3) is 0.458. The highest BCUT2D eigenvalue weighted by Gasteiger charge is 2.21. The Kier molecular flexibility index (Phi) is 8.53. The molecule has 2 N–H and O–H groups in total. The smallest absolute Gasteiger partial charge is 0.191 e. The van der Waals surface area contributed by atoms with Gasteiger partial charge in [0.2, 0.25) is 0 Å². The van der Waals surface area contributed by atoms with Gasteiger partial charge in [-0.05, 0) is 37.8 Å². The monoisotopic (exact) mass is 446 g/mol. The van der Waals surface area contributed by atoms with Gasteiger partial charge in [0.15, 0.2) is 5.96 Å². The summed E-state index contributed by atoms with van der Waals surface area (Å²) in [5.41, 5.74) is 1.55. The predicted molar refractivity (Wildman–Crippen MR) is 124 cm³/mol. The SMILES string of the molecule is CCNC(=NCCc1ccc(F)cc1F)NC1CCN(c2cc(OC)cc(OC)c2)CC1. The number of hydrogen-bond acceptors (Lipinski definition) is 4. The standard InChI is InChI=1S/C24H32F2N4O2/c1-4-27-24(28-10-7-17-5-6-18(25)13-23(17)26)29-19-8-11-30(12-9-19)20-14-21(31-2)16-22(15-20)32-3/h5-6,13-16,19H,4,7-12H2,1-3H3,(H2,27,28,29). The fourth-order valence-electron chi connectivity index (χ4n) is 3.78. The first-order valence-corrected chi connectivity index (χ1v) is 11.0. The van der Waals surface area contributed by atoms with Crippen LogP contribution < -0.4 is 25.0 Å². The maximum atomic E-state index is 13.8. The number of anilines is 1. The normalized spacial score (nSPS) is 14.9. The zero-order valence-electron chi connectivity index (χ0n) is 19.0. The highest BCUT2D eigenvalue weighted by atomic mass is 19.1. The van der Waals surface area contributed by atoms with Crippen molar-refractivity contribution < 1.29 is 18.3 Å². The number of guanidine groups is 1. The number of methoxy groups -OCH3 is 2. The Morgan fingerprint density at radius 3 is 2.34 bits per heavy atom. The summed E-state index contributed by atoms with van der Waals surface area (Å²) in [4.78, 5) is 6.90. The van der Waals surface area contributed by atoms with E-state index < -0.39 is 11.6 Å². The topological polar surface area (TPSA) is 58.1 Å². The lowest BCUT2D eigenvalue weighted by Gasteiger charge is -2.34. The summed E-state index contributed by atoms with van der Waals surface area (Å²) in [6, 6.07) is 9.87. The Hall–Kier alpha value is -3.03. The molecule has 0 bridgehead atoms. The molecule has 0 saturated carbocycles. The van der Waals surface area contributed by atoms with Crippen molar-refractivity contribution in [3.8, 4) is 11.5 Å². The molecule has 8 heteroatoms. The van der Waals surface area contributed by atoms with Gasteiger partial charge in [-0.1, -0.05) is 6.07 Å². The summed E-state index contributed by atoms with van der Waals surface area (Å²) in [5.74, 6) is 1.18. The van der Waals surface area contributed by atoms with Crippen molar-refractivity contribution in [1.82, 2.24) is 10.6 Å². The number of nitrogens with zero attached hydrogens (tertiary/aromatic N) is 2. The minimum absolute atomic E-state index is 0.291. The summed E-state index contributed by atoms with van der Waals surface area (Å²) in [6.45, 7) is 4.96.